The highest BCUT2D eigenvalue weighted by Gasteiger charge is 2.23. The number of sulfonamides is 1. The Morgan fingerprint density at radius 3 is 2.28 bits per heavy atom. The molecule has 1 unspecified atom stereocenters. The van der Waals surface area contributed by atoms with E-state index in [0.717, 1.165) is 25.0 Å². The Morgan fingerprint density at radius 1 is 1.07 bits per heavy atom. The number of nitrogens with one attached hydrogen (secondary N) is 1. The van der Waals surface area contributed by atoms with Gasteiger partial charge in [0.1, 0.15) is 0 Å². The molecular weight excluding hydrogens is 390 g/mol. The quantitative estimate of drug-likeness (QED) is 0.491. The Kier molecular flexibility index (Phi) is 8.82. The van der Waals surface area contributed by atoms with Gasteiger partial charge in [-0.15, -0.1) is 5.10 Å². The van der Waals surface area contributed by atoms with Gasteiger partial charge in [0.05, 0.1) is 17.5 Å². The zero-order valence-corrected chi connectivity index (χ0v) is 19.0. The van der Waals surface area contributed by atoms with Crippen molar-refractivity contribution >= 4 is 21.6 Å². The lowest BCUT2D eigenvalue weighted by Crippen LogP contribution is -2.30. The monoisotopic (exact) mass is 425 g/mol. The predicted octanol–water partition coefficient (Wildman–Crippen LogP) is 3.87. The van der Waals surface area contributed by atoms with Gasteiger partial charge in [-0.3, -0.25) is 4.79 Å². The van der Waals surface area contributed by atoms with Crippen LogP contribution in [0.3, 0.4) is 0 Å². The van der Waals surface area contributed by atoms with Gasteiger partial charge in [-0.05, 0) is 19.8 Å². The van der Waals surface area contributed by atoms with Crippen LogP contribution in [0.1, 0.15) is 101 Å². The summed E-state index contributed by atoms with van der Waals surface area (Å²) in [6.07, 6.45) is 9.54. The molecule has 0 aliphatic rings. The van der Waals surface area contributed by atoms with Gasteiger partial charge in [0.2, 0.25) is 15.9 Å². The molecule has 2 aromatic heterocycles. The first-order valence-corrected chi connectivity index (χ1v) is 12.4. The van der Waals surface area contributed by atoms with Crippen molar-refractivity contribution in [2.75, 3.05) is 5.75 Å². The van der Waals surface area contributed by atoms with Gasteiger partial charge in [-0.2, -0.15) is 14.3 Å². The second kappa shape index (κ2) is 10.9. The molecule has 0 saturated heterocycles. The predicted molar refractivity (Wildman–Crippen MR) is 115 cm³/mol. The molecule has 0 aliphatic carbocycles. The van der Waals surface area contributed by atoms with Crippen LogP contribution in [0.2, 0.25) is 0 Å². The highest BCUT2D eigenvalue weighted by Crippen LogP contribution is 2.17. The summed E-state index contributed by atoms with van der Waals surface area (Å²) in [6, 6.07) is 1.22. The SMILES string of the molecule is CCCCCCCCCCS(=O)(=O)NC(C)c1nn(C(C)=O)c2cc(CC)nn12. The largest absolute Gasteiger partial charge is 0.273 e. The number of carbonyl (C=O) groups excluding carboxylic acids is 1. The zero-order chi connectivity index (χ0) is 21.4. The van der Waals surface area contributed by atoms with Crippen molar-refractivity contribution in [1.29, 1.82) is 0 Å². The molecule has 29 heavy (non-hydrogen) atoms. The van der Waals surface area contributed by atoms with Crippen molar-refractivity contribution in [1.82, 2.24) is 24.1 Å². The molecule has 0 saturated carbocycles. The van der Waals surface area contributed by atoms with Gasteiger partial charge in [-0.1, -0.05) is 58.8 Å². The van der Waals surface area contributed by atoms with E-state index in [1.165, 1.54) is 43.7 Å². The second-order valence-electron chi connectivity index (χ2n) is 7.68. The summed E-state index contributed by atoms with van der Waals surface area (Å²) in [4.78, 5) is 11.9. The van der Waals surface area contributed by atoms with Gasteiger partial charge in [-0.25, -0.2) is 13.1 Å². The van der Waals surface area contributed by atoms with Crippen molar-refractivity contribution < 1.29 is 13.2 Å². The van der Waals surface area contributed by atoms with Crippen molar-refractivity contribution in [2.45, 2.75) is 91.5 Å². The number of nitrogens with zero attached hydrogens (tertiary/aromatic N) is 4. The highest BCUT2D eigenvalue weighted by atomic mass is 32.2. The normalized spacial score (nSPS) is 13.2. The molecule has 0 amide bonds. The van der Waals surface area contributed by atoms with Crippen molar-refractivity contribution in [3.63, 3.8) is 0 Å². The summed E-state index contributed by atoms with van der Waals surface area (Å²) in [5.74, 6) is 0.273. The molecule has 0 spiro atoms. The van der Waals surface area contributed by atoms with E-state index in [1.54, 1.807) is 17.5 Å². The third-order valence-electron chi connectivity index (χ3n) is 5.05. The fourth-order valence-electron chi connectivity index (χ4n) is 3.42. The summed E-state index contributed by atoms with van der Waals surface area (Å²) < 4.78 is 30.5. The Morgan fingerprint density at radius 2 is 1.69 bits per heavy atom. The minimum atomic E-state index is -3.43. The number of aryl methyl sites for hydroxylation is 1. The smallest absolute Gasteiger partial charge is 0.245 e. The van der Waals surface area contributed by atoms with Crippen LogP contribution >= 0.6 is 0 Å². The summed E-state index contributed by atoms with van der Waals surface area (Å²) in [5, 5.41) is 8.74. The fraction of sp³-hybridized carbons (Fsp3) is 0.750. The third kappa shape index (κ3) is 6.64. The molecule has 2 heterocycles. The van der Waals surface area contributed by atoms with E-state index in [1.807, 2.05) is 6.92 Å². The van der Waals surface area contributed by atoms with Gasteiger partial charge in [0, 0.05) is 13.0 Å². The van der Waals surface area contributed by atoms with Crippen LogP contribution in [0, 0.1) is 0 Å². The lowest BCUT2D eigenvalue weighted by molar-refractivity contribution is 0.0926. The molecule has 2 rings (SSSR count). The number of aromatic nitrogens is 4. The van der Waals surface area contributed by atoms with Crippen LogP contribution in [-0.4, -0.2) is 39.5 Å². The molecular formula is C20H35N5O3S. The van der Waals surface area contributed by atoms with E-state index in [4.69, 9.17) is 0 Å². The number of rotatable bonds is 13. The van der Waals surface area contributed by atoms with Crippen LogP contribution in [-0.2, 0) is 16.4 Å². The second-order valence-corrected chi connectivity index (χ2v) is 9.55. The minimum absolute atomic E-state index is 0.0994. The number of unbranched alkanes of at least 4 members (excludes halogenated alkanes) is 7. The summed E-state index contributed by atoms with van der Waals surface area (Å²) in [6.45, 7) is 7.32. The maximum absolute atomic E-state index is 12.5. The van der Waals surface area contributed by atoms with E-state index in [0.29, 0.717) is 17.9 Å². The van der Waals surface area contributed by atoms with Crippen LogP contribution in [0.25, 0.3) is 5.65 Å². The standard InChI is InChI=1S/C20H35N5O3S/c1-5-7-8-9-10-11-12-13-14-29(27,28)23-16(3)20-22-24(17(4)26)19-15-18(6-2)21-25(19)20/h15-16,23H,5-14H2,1-4H3. The van der Waals surface area contributed by atoms with E-state index in [-0.39, 0.29) is 11.7 Å². The van der Waals surface area contributed by atoms with Crippen LogP contribution in [0.4, 0.5) is 0 Å². The van der Waals surface area contributed by atoms with Gasteiger partial charge >= 0.3 is 0 Å². The number of fused-ring (bicyclic) bond motifs is 1. The highest BCUT2D eigenvalue weighted by molar-refractivity contribution is 7.89. The molecule has 0 bridgehead atoms. The molecule has 1 atom stereocenters. The van der Waals surface area contributed by atoms with Crippen molar-refractivity contribution in [3.05, 3.63) is 17.6 Å². The molecule has 0 aromatic carbocycles. The first kappa shape index (κ1) is 23.5. The number of carbonyl (C=O) groups is 1. The van der Waals surface area contributed by atoms with Gasteiger partial charge in [0.15, 0.2) is 11.5 Å². The lowest BCUT2D eigenvalue weighted by Gasteiger charge is -2.12. The maximum atomic E-state index is 12.5. The zero-order valence-electron chi connectivity index (χ0n) is 18.1. The fourth-order valence-corrected chi connectivity index (χ4v) is 4.76. The average molecular weight is 426 g/mol. The van der Waals surface area contributed by atoms with Gasteiger partial charge in [0.25, 0.3) is 0 Å². The average Bonchev–Trinajstić information content (AvgIpc) is 3.22. The Balaban J connectivity index is 1.94. The number of hydrogen-bond acceptors (Lipinski definition) is 5. The van der Waals surface area contributed by atoms with Crippen molar-refractivity contribution in [2.24, 2.45) is 0 Å². The molecule has 2 aromatic rings. The van der Waals surface area contributed by atoms with Crippen LogP contribution < -0.4 is 4.72 Å². The van der Waals surface area contributed by atoms with Crippen LogP contribution in [0.5, 0.6) is 0 Å². The molecule has 164 valence electrons. The molecule has 0 radical (unpaired) electrons. The molecule has 9 heteroatoms. The van der Waals surface area contributed by atoms with Crippen LogP contribution in [0.15, 0.2) is 6.07 Å². The maximum Gasteiger partial charge on any atom is 0.245 e. The minimum Gasteiger partial charge on any atom is -0.273 e. The molecule has 8 nitrogen and oxygen atoms in total. The van der Waals surface area contributed by atoms with E-state index in [9.17, 15) is 13.2 Å². The Bertz CT molecular complexity index is 901. The third-order valence-corrected chi connectivity index (χ3v) is 6.59. The van der Waals surface area contributed by atoms with E-state index >= 15 is 0 Å². The van der Waals surface area contributed by atoms with E-state index in [2.05, 4.69) is 21.8 Å². The van der Waals surface area contributed by atoms with Crippen molar-refractivity contribution in [3.8, 4) is 0 Å². The van der Waals surface area contributed by atoms with Gasteiger partial charge < -0.3 is 0 Å². The molecule has 0 aliphatic heterocycles. The Labute approximate surface area is 174 Å². The molecule has 1 N–H and O–H groups in total. The first-order valence-electron chi connectivity index (χ1n) is 10.8. The summed E-state index contributed by atoms with van der Waals surface area (Å²) in [7, 11) is -3.43. The summed E-state index contributed by atoms with van der Waals surface area (Å²) in [5.41, 5.74) is 1.38. The summed E-state index contributed by atoms with van der Waals surface area (Å²) >= 11 is 0. The topological polar surface area (TPSA) is 98.4 Å². The number of hydrogen-bond donors (Lipinski definition) is 1. The first-order chi connectivity index (χ1) is 13.8. The Hall–Kier alpha value is -1.74. The van der Waals surface area contributed by atoms with E-state index < -0.39 is 16.1 Å². The lowest BCUT2D eigenvalue weighted by atomic mass is 10.1. The molecule has 0 fully saturated rings.